The van der Waals surface area contributed by atoms with Gasteiger partial charge in [0.25, 0.3) is 11.8 Å². The van der Waals surface area contributed by atoms with Crippen molar-refractivity contribution in [3.8, 4) is 0 Å². The molecule has 0 bridgehead atoms. The van der Waals surface area contributed by atoms with Crippen molar-refractivity contribution in [3.63, 3.8) is 0 Å². The first-order valence-electron chi connectivity index (χ1n) is 7.73. The molecule has 0 aliphatic rings. The van der Waals surface area contributed by atoms with Crippen LogP contribution in [-0.2, 0) is 6.18 Å². The molecule has 0 radical (unpaired) electrons. The van der Waals surface area contributed by atoms with E-state index >= 15 is 0 Å². The molecule has 0 saturated carbocycles. The Bertz CT molecular complexity index is 827. The highest BCUT2D eigenvalue weighted by atomic mass is 19.4. The summed E-state index contributed by atoms with van der Waals surface area (Å²) in [6.45, 7) is 5.40. The summed E-state index contributed by atoms with van der Waals surface area (Å²) < 4.78 is 38.2. The number of hydrogen-bond acceptors (Lipinski definition) is 3. The third kappa shape index (κ3) is 5.30. The number of pyridine rings is 1. The smallest absolute Gasteiger partial charge is 0.346 e. The fraction of sp³-hybridized carbons (Fsp3) is 0.278. The van der Waals surface area contributed by atoms with Gasteiger partial charge in [-0.15, -0.1) is 0 Å². The van der Waals surface area contributed by atoms with Crippen LogP contribution in [0.3, 0.4) is 0 Å². The van der Waals surface area contributed by atoms with Crippen LogP contribution in [0.2, 0.25) is 0 Å². The number of carbonyl (C=O) groups excluding carboxylic acids is 2. The number of carbonyl (C=O) groups is 2. The average molecular weight is 365 g/mol. The summed E-state index contributed by atoms with van der Waals surface area (Å²) in [5, 5.41) is 5.10. The molecule has 1 heterocycles. The highest BCUT2D eigenvalue weighted by Gasteiger charge is 2.30. The van der Waals surface area contributed by atoms with Crippen molar-refractivity contribution >= 4 is 17.5 Å². The van der Waals surface area contributed by atoms with Gasteiger partial charge in [-0.05, 0) is 51.1 Å². The second kappa shape index (κ2) is 7.15. The van der Waals surface area contributed by atoms with Crippen molar-refractivity contribution in [2.45, 2.75) is 32.5 Å². The molecule has 0 atom stereocenters. The Kier molecular flexibility index (Phi) is 5.34. The van der Waals surface area contributed by atoms with Crippen LogP contribution in [0, 0.1) is 0 Å². The number of anilines is 1. The molecular formula is C18H18F3N3O2. The minimum absolute atomic E-state index is 0.00216. The molecule has 138 valence electrons. The lowest BCUT2D eigenvalue weighted by atomic mass is 10.1. The first-order chi connectivity index (χ1) is 12.0. The molecule has 5 nitrogen and oxygen atoms in total. The highest BCUT2D eigenvalue weighted by Crippen LogP contribution is 2.30. The second-order valence-corrected chi connectivity index (χ2v) is 6.67. The van der Waals surface area contributed by atoms with Crippen molar-refractivity contribution in [2.75, 3.05) is 5.32 Å². The van der Waals surface area contributed by atoms with Crippen molar-refractivity contribution in [1.82, 2.24) is 10.3 Å². The van der Waals surface area contributed by atoms with E-state index in [2.05, 4.69) is 15.6 Å². The van der Waals surface area contributed by atoms with Gasteiger partial charge in [0.15, 0.2) is 0 Å². The molecular weight excluding hydrogens is 347 g/mol. The quantitative estimate of drug-likeness (QED) is 0.867. The Hall–Kier alpha value is -2.90. The molecule has 1 aromatic heterocycles. The van der Waals surface area contributed by atoms with Crippen LogP contribution < -0.4 is 10.6 Å². The van der Waals surface area contributed by atoms with Gasteiger partial charge in [0.05, 0.1) is 5.56 Å². The zero-order valence-electron chi connectivity index (χ0n) is 14.4. The van der Waals surface area contributed by atoms with Gasteiger partial charge in [-0.2, -0.15) is 13.2 Å². The van der Waals surface area contributed by atoms with Crippen LogP contribution in [0.1, 0.15) is 47.2 Å². The maximum Gasteiger partial charge on any atom is 0.416 e. The monoisotopic (exact) mass is 365 g/mol. The summed E-state index contributed by atoms with van der Waals surface area (Å²) in [6, 6.07) is 6.96. The molecule has 1 aromatic carbocycles. The number of rotatable bonds is 3. The zero-order valence-corrected chi connectivity index (χ0v) is 14.4. The van der Waals surface area contributed by atoms with Crippen LogP contribution in [0.25, 0.3) is 0 Å². The van der Waals surface area contributed by atoms with Gasteiger partial charge in [0.1, 0.15) is 5.69 Å². The Morgan fingerprint density at radius 2 is 1.69 bits per heavy atom. The molecule has 0 saturated heterocycles. The van der Waals surface area contributed by atoms with E-state index in [4.69, 9.17) is 0 Å². The zero-order chi connectivity index (χ0) is 19.5. The van der Waals surface area contributed by atoms with Crippen molar-refractivity contribution in [1.29, 1.82) is 0 Å². The molecule has 2 amide bonds. The van der Waals surface area contributed by atoms with Gasteiger partial charge >= 0.3 is 6.18 Å². The van der Waals surface area contributed by atoms with E-state index in [0.29, 0.717) is 0 Å². The molecule has 0 aliphatic heterocycles. The molecule has 0 aliphatic carbocycles. The average Bonchev–Trinajstić information content (AvgIpc) is 2.53. The number of benzene rings is 1. The van der Waals surface area contributed by atoms with E-state index in [1.807, 2.05) is 0 Å². The van der Waals surface area contributed by atoms with E-state index in [0.717, 1.165) is 12.1 Å². The normalized spacial score (nSPS) is 11.8. The summed E-state index contributed by atoms with van der Waals surface area (Å²) >= 11 is 0. The van der Waals surface area contributed by atoms with Crippen LogP contribution in [0.15, 0.2) is 42.6 Å². The first-order valence-corrected chi connectivity index (χ1v) is 7.73. The maximum atomic E-state index is 12.7. The van der Waals surface area contributed by atoms with Crippen molar-refractivity contribution in [3.05, 3.63) is 59.4 Å². The standard InChI is InChI=1S/C18H18F3N3O2/c1-17(2,3)24-16(26)14-9-11(7-8-22-14)15(25)23-13-6-4-5-12(10-13)18(19,20)21/h4-10H,1-3H3,(H,23,25)(H,24,26). The molecule has 2 aromatic rings. The van der Waals surface area contributed by atoms with Gasteiger partial charge in [-0.25, -0.2) is 0 Å². The van der Waals surface area contributed by atoms with Gasteiger partial charge in [-0.1, -0.05) is 6.07 Å². The maximum absolute atomic E-state index is 12.7. The summed E-state index contributed by atoms with van der Waals surface area (Å²) in [6.07, 6.45) is -3.21. The van der Waals surface area contributed by atoms with Gasteiger partial charge in [-0.3, -0.25) is 14.6 Å². The van der Waals surface area contributed by atoms with Crippen LogP contribution >= 0.6 is 0 Å². The van der Waals surface area contributed by atoms with Crippen molar-refractivity contribution < 1.29 is 22.8 Å². The lowest BCUT2D eigenvalue weighted by Crippen LogP contribution is -2.41. The van der Waals surface area contributed by atoms with Crippen molar-refractivity contribution in [2.24, 2.45) is 0 Å². The minimum Gasteiger partial charge on any atom is -0.346 e. The third-order valence-electron chi connectivity index (χ3n) is 3.19. The summed E-state index contributed by atoms with van der Waals surface area (Å²) in [5.41, 5.74) is -1.19. The van der Waals surface area contributed by atoms with E-state index in [1.165, 1.54) is 30.5 Å². The predicted octanol–water partition coefficient (Wildman–Crippen LogP) is 3.88. The van der Waals surface area contributed by atoms with Crippen LogP contribution in [0.5, 0.6) is 0 Å². The Labute approximate surface area is 148 Å². The molecule has 8 heteroatoms. The fourth-order valence-corrected chi connectivity index (χ4v) is 2.08. The number of aromatic nitrogens is 1. The predicted molar refractivity (Wildman–Crippen MR) is 90.9 cm³/mol. The van der Waals surface area contributed by atoms with Gasteiger partial charge in [0.2, 0.25) is 0 Å². The number of nitrogens with zero attached hydrogens (tertiary/aromatic N) is 1. The van der Waals surface area contributed by atoms with E-state index < -0.39 is 29.1 Å². The van der Waals surface area contributed by atoms with Crippen LogP contribution in [-0.4, -0.2) is 22.3 Å². The number of hydrogen-bond donors (Lipinski definition) is 2. The lowest BCUT2D eigenvalue weighted by Gasteiger charge is -2.20. The summed E-state index contributed by atoms with van der Waals surface area (Å²) in [4.78, 5) is 28.3. The van der Waals surface area contributed by atoms with E-state index in [-0.39, 0.29) is 16.9 Å². The molecule has 2 N–H and O–H groups in total. The van der Waals surface area contributed by atoms with E-state index in [9.17, 15) is 22.8 Å². The van der Waals surface area contributed by atoms with Crippen LogP contribution in [0.4, 0.5) is 18.9 Å². The Morgan fingerprint density at radius 1 is 1.00 bits per heavy atom. The second-order valence-electron chi connectivity index (χ2n) is 6.67. The molecule has 0 fully saturated rings. The molecule has 2 rings (SSSR count). The molecule has 26 heavy (non-hydrogen) atoms. The number of alkyl halides is 3. The topological polar surface area (TPSA) is 71.1 Å². The highest BCUT2D eigenvalue weighted by molar-refractivity contribution is 6.05. The first kappa shape index (κ1) is 19.4. The number of amides is 2. The fourth-order valence-electron chi connectivity index (χ4n) is 2.08. The Balaban J connectivity index is 2.18. The van der Waals surface area contributed by atoms with E-state index in [1.54, 1.807) is 20.8 Å². The van der Waals surface area contributed by atoms with Gasteiger partial charge in [0, 0.05) is 23.0 Å². The minimum atomic E-state index is -4.50. The number of nitrogens with one attached hydrogen (secondary N) is 2. The summed E-state index contributed by atoms with van der Waals surface area (Å²) in [5.74, 6) is -1.09. The van der Waals surface area contributed by atoms with Gasteiger partial charge < -0.3 is 10.6 Å². The lowest BCUT2D eigenvalue weighted by molar-refractivity contribution is -0.137. The molecule has 0 spiro atoms. The molecule has 0 unspecified atom stereocenters. The number of halogens is 3. The SMILES string of the molecule is CC(C)(C)NC(=O)c1cc(C(=O)Nc2cccc(C(F)(F)F)c2)ccn1. The largest absolute Gasteiger partial charge is 0.416 e. The Morgan fingerprint density at radius 3 is 2.31 bits per heavy atom. The summed E-state index contributed by atoms with van der Waals surface area (Å²) in [7, 11) is 0. The third-order valence-corrected chi connectivity index (χ3v) is 3.19.